The van der Waals surface area contributed by atoms with Crippen LogP contribution in [0.4, 0.5) is 0 Å². The van der Waals surface area contributed by atoms with Crippen LogP contribution >= 0.6 is 0 Å². The van der Waals surface area contributed by atoms with Gasteiger partial charge in [0.2, 0.25) is 0 Å². The Kier molecular flexibility index (Phi) is 2.35. The second-order valence-corrected chi connectivity index (χ2v) is 3.84. The molecule has 2 saturated heterocycles. The minimum Gasteiger partial charge on any atom is -0.378 e. The number of ether oxygens (including phenoxy) is 2. The van der Waals surface area contributed by atoms with Crippen molar-refractivity contribution < 1.29 is 9.47 Å². The van der Waals surface area contributed by atoms with E-state index in [1.165, 1.54) is 0 Å². The SMILES string of the molecule is CC1CC2(CCO1)CNCCO2. The monoisotopic (exact) mass is 171 g/mol. The Morgan fingerprint density at radius 3 is 3.00 bits per heavy atom. The molecule has 0 aromatic carbocycles. The summed E-state index contributed by atoms with van der Waals surface area (Å²) < 4.78 is 11.3. The van der Waals surface area contributed by atoms with Crippen LogP contribution in [0.5, 0.6) is 0 Å². The molecule has 1 N–H and O–H groups in total. The lowest BCUT2D eigenvalue weighted by Gasteiger charge is -2.42. The third kappa shape index (κ3) is 1.63. The van der Waals surface area contributed by atoms with Crippen molar-refractivity contribution in [3.63, 3.8) is 0 Å². The molecular weight excluding hydrogens is 154 g/mol. The summed E-state index contributed by atoms with van der Waals surface area (Å²) in [5.41, 5.74) is 0.0932. The highest BCUT2D eigenvalue weighted by atomic mass is 16.5. The lowest BCUT2D eigenvalue weighted by atomic mass is 9.89. The summed E-state index contributed by atoms with van der Waals surface area (Å²) >= 11 is 0. The second-order valence-electron chi connectivity index (χ2n) is 3.84. The van der Waals surface area contributed by atoms with E-state index in [0.29, 0.717) is 6.10 Å². The first-order chi connectivity index (χ1) is 5.81. The zero-order chi connectivity index (χ0) is 8.44. The Morgan fingerprint density at radius 1 is 1.42 bits per heavy atom. The van der Waals surface area contributed by atoms with E-state index in [1.54, 1.807) is 0 Å². The lowest BCUT2D eigenvalue weighted by Crippen LogP contribution is -2.54. The predicted molar refractivity (Wildman–Crippen MR) is 46.2 cm³/mol. The molecule has 70 valence electrons. The lowest BCUT2D eigenvalue weighted by molar-refractivity contribution is -0.144. The first-order valence-electron chi connectivity index (χ1n) is 4.77. The Hall–Kier alpha value is -0.120. The fraction of sp³-hybridized carbons (Fsp3) is 1.00. The molecule has 0 aliphatic carbocycles. The quantitative estimate of drug-likeness (QED) is 0.577. The van der Waals surface area contributed by atoms with Gasteiger partial charge in [0.15, 0.2) is 0 Å². The van der Waals surface area contributed by atoms with Gasteiger partial charge >= 0.3 is 0 Å². The molecular formula is C9H17NO2. The topological polar surface area (TPSA) is 30.5 Å². The number of hydrogen-bond acceptors (Lipinski definition) is 3. The van der Waals surface area contributed by atoms with Crippen molar-refractivity contribution >= 4 is 0 Å². The highest BCUT2D eigenvalue weighted by Gasteiger charge is 2.37. The van der Waals surface area contributed by atoms with E-state index < -0.39 is 0 Å². The zero-order valence-electron chi connectivity index (χ0n) is 7.64. The number of hydrogen-bond donors (Lipinski definition) is 1. The standard InChI is InChI=1S/C9H17NO2/c1-8-6-9(2-4-11-8)7-10-3-5-12-9/h8,10H,2-7H2,1H3. The van der Waals surface area contributed by atoms with E-state index in [-0.39, 0.29) is 5.60 Å². The maximum Gasteiger partial charge on any atom is 0.0853 e. The second kappa shape index (κ2) is 3.32. The van der Waals surface area contributed by atoms with Crippen molar-refractivity contribution in [2.75, 3.05) is 26.3 Å². The molecule has 0 saturated carbocycles. The van der Waals surface area contributed by atoms with E-state index >= 15 is 0 Å². The molecule has 2 unspecified atom stereocenters. The van der Waals surface area contributed by atoms with Crippen LogP contribution in [0.25, 0.3) is 0 Å². The van der Waals surface area contributed by atoms with Crippen LogP contribution in [0.1, 0.15) is 19.8 Å². The van der Waals surface area contributed by atoms with E-state index in [4.69, 9.17) is 9.47 Å². The summed E-state index contributed by atoms with van der Waals surface area (Å²) in [6, 6.07) is 0. The van der Waals surface area contributed by atoms with E-state index in [1.807, 2.05) is 0 Å². The maximum absolute atomic E-state index is 5.83. The summed E-state index contributed by atoms with van der Waals surface area (Å²) in [6.07, 6.45) is 2.45. The molecule has 12 heavy (non-hydrogen) atoms. The van der Waals surface area contributed by atoms with Crippen LogP contribution in [0, 0.1) is 0 Å². The fourth-order valence-electron chi connectivity index (χ4n) is 2.13. The molecule has 2 aliphatic rings. The van der Waals surface area contributed by atoms with Crippen LogP contribution in [0.15, 0.2) is 0 Å². The van der Waals surface area contributed by atoms with Gasteiger partial charge in [-0.2, -0.15) is 0 Å². The molecule has 2 rings (SSSR count). The first-order valence-corrected chi connectivity index (χ1v) is 4.77. The van der Waals surface area contributed by atoms with Crippen LogP contribution in [-0.4, -0.2) is 38.0 Å². The van der Waals surface area contributed by atoms with Gasteiger partial charge < -0.3 is 14.8 Å². The highest BCUT2D eigenvalue weighted by molar-refractivity contribution is 4.90. The Labute approximate surface area is 73.4 Å². The number of morpholine rings is 1. The minimum absolute atomic E-state index is 0.0932. The van der Waals surface area contributed by atoms with Gasteiger partial charge in [0.1, 0.15) is 0 Å². The molecule has 2 heterocycles. The third-order valence-electron chi connectivity index (χ3n) is 2.75. The van der Waals surface area contributed by atoms with Crippen LogP contribution < -0.4 is 5.32 Å². The van der Waals surface area contributed by atoms with Crippen molar-refractivity contribution in [1.29, 1.82) is 0 Å². The highest BCUT2D eigenvalue weighted by Crippen LogP contribution is 2.29. The van der Waals surface area contributed by atoms with Crippen LogP contribution in [0.2, 0.25) is 0 Å². The van der Waals surface area contributed by atoms with Crippen molar-refractivity contribution in [2.45, 2.75) is 31.5 Å². The van der Waals surface area contributed by atoms with E-state index in [9.17, 15) is 0 Å². The average molecular weight is 171 g/mol. The van der Waals surface area contributed by atoms with Gasteiger partial charge in [-0.3, -0.25) is 0 Å². The zero-order valence-corrected chi connectivity index (χ0v) is 7.64. The molecule has 3 nitrogen and oxygen atoms in total. The fourth-order valence-corrected chi connectivity index (χ4v) is 2.13. The van der Waals surface area contributed by atoms with Crippen molar-refractivity contribution in [1.82, 2.24) is 5.32 Å². The molecule has 2 fully saturated rings. The predicted octanol–water partition coefficient (Wildman–Crippen LogP) is 0.544. The van der Waals surface area contributed by atoms with E-state index in [2.05, 4.69) is 12.2 Å². The number of nitrogens with one attached hydrogen (secondary N) is 1. The summed E-state index contributed by atoms with van der Waals surface area (Å²) in [5, 5.41) is 3.39. The molecule has 2 atom stereocenters. The molecule has 3 heteroatoms. The van der Waals surface area contributed by atoms with Gasteiger partial charge in [-0.05, 0) is 6.92 Å². The van der Waals surface area contributed by atoms with Crippen LogP contribution in [-0.2, 0) is 9.47 Å². The maximum atomic E-state index is 5.83. The molecule has 0 amide bonds. The number of rotatable bonds is 0. The van der Waals surface area contributed by atoms with E-state index in [0.717, 1.165) is 39.1 Å². The molecule has 0 aromatic rings. The van der Waals surface area contributed by atoms with Gasteiger partial charge in [0.25, 0.3) is 0 Å². The van der Waals surface area contributed by atoms with Crippen molar-refractivity contribution in [2.24, 2.45) is 0 Å². The first kappa shape index (κ1) is 8.48. The Balaban J connectivity index is 1.97. The smallest absolute Gasteiger partial charge is 0.0853 e. The normalized spacial score (nSPS) is 43.2. The molecule has 2 aliphatic heterocycles. The van der Waals surface area contributed by atoms with Crippen molar-refractivity contribution in [3.8, 4) is 0 Å². The largest absolute Gasteiger partial charge is 0.378 e. The Morgan fingerprint density at radius 2 is 2.33 bits per heavy atom. The summed E-state index contributed by atoms with van der Waals surface area (Å²) in [5.74, 6) is 0. The van der Waals surface area contributed by atoms with Gasteiger partial charge in [0, 0.05) is 32.5 Å². The average Bonchev–Trinajstić information content (AvgIpc) is 2.05. The van der Waals surface area contributed by atoms with Gasteiger partial charge in [0.05, 0.1) is 18.3 Å². The van der Waals surface area contributed by atoms with Crippen LogP contribution in [0.3, 0.4) is 0 Å². The molecule has 1 spiro atoms. The van der Waals surface area contributed by atoms with Gasteiger partial charge in [-0.15, -0.1) is 0 Å². The summed E-state index contributed by atoms with van der Waals surface area (Å²) in [6.45, 7) is 5.83. The summed E-state index contributed by atoms with van der Waals surface area (Å²) in [7, 11) is 0. The molecule has 0 bridgehead atoms. The summed E-state index contributed by atoms with van der Waals surface area (Å²) in [4.78, 5) is 0. The Bertz CT molecular complexity index is 149. The van der Waals surface area contributed by atoms with Gasteiger partial charge in [-0.25, -0.2) is 0 Å². The minimum atomic E-state index is 0.0932. The van der Waals surface area contributed by atoms with Gasteiger partial charge in [-0.1, -0.05) is 0 Å². The molecule has 0 radical (unpaired) electrons. The third-order valence-corrected chi connectivity index (χ3v) is 2.75. The van der Waals surface area contributed by atoms with Crippen molar-refractivity contribution in [3.05, 3.63) is 0 Å². The molecule has 0 aromatic heterocycles.